The van der Waals surface area contributed by atoms with E-state index < -0.39 is 11.6 Å². The Bertz CT molecular complexity index is 650. The quantitative estimate of drug-likeness (QED) is 0.828. The zero-order chi connectivity index (χ0) is 15.4. The number of hydrogen-bond donors (Lipinski definition) is 1. The summed E-state index contributed by atoms with van der Waals surface area (Å²) < 4.78 is 38.4. The highest BCUT2D eigenvalue weighted by Crippen LogP contribution is 2.30. The van der Waals surface area contributed by atoms with Crippen molar-refractivity contribution >= 4 is 15.9 Å². The van der Waals surface area contributed by atoms with Crippen molar-refractivity contribution in [3.63, 3.8) is 0 Å². The molecule has 2 aromatic rings. The Morgan fingerprint density at radius 1 is 1.14 bits per heavy atom. The van der Waals surface area contributed by atoms with Crippen LogP contribution in [0.4, 0.5) is 8.78 Å². The van der Waals surface area contributed by atoms with E-state index in [1.807, 2.05) is 0 Å². The van der Waals surface area contributed by atoms with E-state index >= 15 is 0 Å². The van der Waals surface area contributed by atoms with Crippen LogP contribution >= 0.6 is 15.9 Å². The molecule has 0 aromatic heterocycles. The van der Waals surface area contributed by atoms with Crippen LogP contribution in [0.5, 0.6) is 11.5 Å². The Labute approximate surface area is 129 Å². The zero-order valence-corrected chi connectivity index (χ0v) is 12.9. The van der Waals surface area contributed by atoms with Crippen molar-refractivity contribution in [3.05, 3.63) is 57.6 Å². The third-order valence-corrected chi connectivity index (χ3v) is 3.59. The van der Waals surface area contributed by atoms with E-state index in [2.05, 4.69) is 15.9 Å². The molecule has 6 heteroatoms. The van der Waals surface area contributed by atoms with Crippen LogP contribution in [-0.2, 0) is 13.2 Å². The van der Waals surface area contributed by atoms with Gasteiger partial charge in [0.25, 0.3) is 0 Å². The highest BCUT2D eigenvalue weighted by Gasteiger charge is 2.14. The van der Waals surface area contributed by atoms with Crippen LogP contribution < -0.4 is 15.2 Å². The molecule has 112 valence electrons. The molecule has 0 saturated heterocycles. The molecule has 0 amide bonds. The van der Waals surface area contributed by atoms with Gasteiger partial charge >= 0.3 is 0 Å². The Balaban J connectivity index is 2.26. The number of methoxy groups -OCH3 is 1. The second kappa shape index (κ2) is 6.87. The summed E-state index contributed by atoms with van der Waals surface area (Å²) in [7, 11) is 1.49. The lowest BCUT2D eigenvalue weighted by Crippen LogP contribution is -2.04. The molecule has 2 N–H and O–H groups in total. The van der Waals surface area contributed by atoms with Gasteiger partial charge < -0.3 is 15.2 Å². The molecule has 21 heavy (non-hydrogen) atoms. The SMILES string of the molecule is COc1ccc(CN)cc1OCc1c(F)ccc(Br)c1F. The summed E-state index contributed by atoms with van der Waals surface area (Å²) in [5.41, 5.74) is 6.25. The first-order valence-electron chi connectivity index (χ1n) is 6.19. The van der Waals surface area contributed by atoms with Crippen LogP contribution in [0.2, 0.25) is 0 Å². The van der Waals surface area contributed by atoms with Crippen LogP contribution in [0.3, 0.4) is 0 Å². The molecular formula is C15H14BrF2NO2. The number of rotatable bonds is 5. The first-order valence-corrected chi connectivity index (χ1v) is 6.98. The molecule has 0 saturated carbocycles. The van der Waals surface area contributed by atoms with Crippen molar-refractivity contribution in [1.29, 1.82) is 0 Å². The number of nitrogens with two attached hydrogens (primary N) is 1. The van der Waals surface area contributed by atoms with Gasteiger partial charge in [-0.1, -0.05) is 6.07 Å². The minimum absolute atomic E-state index is 0.149. The Kier molecular flexibility index (Phi) is 5.14. The highest BCUT2D eigenvalue weighted by molar-refractivity contribution is 9.10. The maximum atomic E-state index is 13.9. The van der Waals surface area contributed by atoms with Crippen LogP contribution in [-0.4, -0.2) is 7.11 Å². The average molecular weight is 358 g/mol. The first-order chi connectivity index (χ1) is 10.1. The maximum Gasteiger partial charge on any atom is 0.161 e. The van der Waals surface area contributed by atoms with Gasteiger partial charge in [0.1, 0.15) is 18.2 Å². The summed E-state index contributed by atoms with van der Waals surface area (Å²) in [6, 6.07) is 7.67. The minimum Gasteiger partial charge on any atom is -0.493 e. The van der Waals surface area contributed by atoms with Gasteiger partial charge in [-0.3, -0.25) is 0 Å². The van der Waals surface area contributed by atoms with E-state index in [4.69, 9.17) is 15.2 Å². The molecule has 0 radical (unpaired) electrons. The standard InChI is InChI=1S/C15H14BrF2NO2/c1-20-13-5-2-9(7-19)6-14(13)21-8-10-12(17)4-3-11(16)15(10)18/h2-6H,7-8,19H2,1H3. The Hall–Kier alpha value is -1.66. The van der Waals surface area contributed by atoms with Gasteiger partial charge in [-0.15, -0.1) is 0 Å². The molecule has 0 atom stereocenters. The maximum absolute atomic E-state index is 13.9. The topological polar surface area (TPSA) is 44.5 Å². The molecule has 0 unspecified atom stereocenters. The lowest BCUT2D eigenvalue weighted by Gasteiger charge is -2.13. The molecule has 0 spiro atoms. The lowest BCUT2D eigenvalue weighted by atomic mass is 10.2. The van der Waals surface area contributed by atoms with Gasteiger partial charge in [0.15, 0.2) is 11.5 Å². The van der Waals surface area contributed by atoms with Crippen molar-refractivity contribution in [3.8, 4) is 11.5 Å². The molecular weight excluding hydrogens is 344 g/mol. The molecule has 0 bridgehead atoms. The van der Waals surface area contributed by atoms with Crippen molar-refractivity contribution in [2.24, 2.45) is 5.73 Å². The number of halogens is 3. The monoisotopic (exact) mass is 357 g/mol. The number of ether oxygens (including phenoxy) is 2. The first kappa shape index (κ1) is 15.7. The van der Waals surface area contributed by atoms with Crippen LogP contribution in [0, 0.1) is 11.6 Å². The van der Waals surface area contributed by atoms with E-state index in [0.717, 1.165) is 5.56 Å². The smallest absolute Gasteiger partial charge is 0.161 e. The van der Waals surface area contributed by atoms with Gasteiger partial charge in [-0.25, -0.2) is 8.78 Å². The Morgan fingerprint density at radius 3 is 2.57 bits per heavy atom. The molecule has 3 nitrogen and oxygen atoms in total. The van der Waals surface area contributed by atoms with Crippen LogP contribution in [0.15, 0.2) is 34.8 Å². The fraction of sp³-hybridized carbons (Fsp3) is 0.200. The van der Waals surface area contributed by atoms with E-state index in [-0.39, 0.29) is 16.6 Å². The molecule has 0 fully saturated rings. The predicted molar refractivity (Wildman–Crippen MR) is 79.3 cm³/mol. The third kappa shape index (κ3) is 3.51. The number of hydrogen-bond acceptors (Lipinski definition) is 3. The zero-order valence-electron chi connectivity index (χ0n) is 11.3. The summed E-state index contributed by atoms with van der Waals surface area (Å²) in [5.74, 6) is -0.476. The fourth-order valence-electron chi connectivity index (χ4n) is 1.81. The third-order valence-electron chi connectivity index (χ3n) is 2.97. The van der Waals surface area contributed by atoms with Crippen molar-refractivity contribution in [1.82, 2.24) is 0 Å². The fourth-order valence-corrected chi connectivity index (χ4v) is 2.18. The van der Waals surface area contributed by atoms with Gasteiger partial charge in [-0.05, 0) is 45.8 Å². The molecule has 0 aliphatic heterocycles. The van der Waals surface area contributed by atoms with E-state index in [0.29, 0.717) is 18.0 Å². The summed E-state index contributed by atoms with van der Waals surface area (Å²) in [5, 5.41) is 0. The Morgan fingerprint density at radius 2 is 1.90 bits per heavy atom. The summed E-state index contributed by atoms with van der Waals surface area (Å²) in [6.07, 6.45) is 0. The molecule has 0 aliphatic carbocycles. The van der Waals surface area contributed by atoms with E-state index in [1.54, 1.807) is 18.2 Å². The van der Waals surface area contributed by atoms with Crippen molar-refractivity contribution in [2.45, 2.75) is 13.2 Å². The molecule has 0 aliphatic rings. The van der Waals surface area contributed by atoms with E-state index in [9.17, 15) is 8.78 Å². The highest BCUT2D eigenvalue weighted by atomic mass is 79.9. The average Bonchev–Trinajstić information content (AvgIpc) is 2.50. The second-order valence-electron chi connectivity index (χ2n) is 4.30. The van der Waals surface area contributed by atoms with Gasteiger partial charge in [-0.2, -0.15) is 0 Å². The van der Waals surface area contributed by atoms with Gasteiger partial charge in [0.2, 0.25) is 0 Å². The predicted octanol–water partition coefficient (Wildman–Crippen LogP) is 3.77. The van der Waals surface area contributed by atoms with Gasteiger partial charge in [0.05, 0.1) is 17.1 Å². The van der Waals surface area contributed by atoms with E-state index in [1.165, 1.54) is 19.2 Å². The van der Waals surface area contributed by atoms with Gasteiger partial charge in [0, 0.05) is 6.54 Å². The number of benzene rings is 2. The van der Waals surface area contributed by atoms with Crippen LogP contribution in [0.1, 0.15) is 11.1 Å². The molecule has 2 rings (SSSR count). The molecule has 2 aromatic carbocycles. The largest absolute Gasteiger partial charge is 0.493 e. The minimum atomic E-state index is -0.677. The summed E-state index contributed by atoms with van der Waals surface area (Å²) in [4.78, 5) is 0. The normalized spacial score (nSPS) is 10.5. The van der Waals surface area contributed by atoms with Crippen molar-refractivity contribution in [2.75, 3.05) is 7.11 Å². The lowest BCUT2D eigenvalue weighted by molar-refractivity contribution is 0.273. The second-order valence-corrected chi connectivity index (χ2v) is 5.15. The summed E-state index contributed by atoms with van der Waals surface area (Å²) in [6.45, 7) is 0.0848. The molecule has 0 heterocycles. The van der Waals surface area contributed by atoms with Crippen LogP contribution in [0.25, 0.3) is 0 Å². The summed E-state index contributed by atoms with van der Waals surface area (Å²) >= 11 is 3.02. The van der Waals surface area contributed by atoms with Crippen molar-refractivity contribution < 1.29 is 18.3 Å².